The number of aliphatic carboxylic acids is 1. The number of carboxylic acids is 1. The van der Waals surface area contributed by atoms with Crippen molar-refractivity contribution < 1.29 is 43.3 Å². The van der Waals surface area contributed by atoms with E-state index in [9.17, 15) is 29.1 Å². The molecule has 300 valence electrons. The first-order valence-electron chi connectivity index (χ1n) is 19.4. The molecule has 0 spiro atoms. The quantitative estimate of drug-likeness (QED) is 0.0808. The molecule has 0 aliphatic carbocycles. The molecule has 0 unspecified atom stereocenters. The van der Waals surface area contributed by atoms with Crippen molar-refractivity contribution in [3.8, 4) is 0 Å². The van der Waals surface area contributed by atoms with Crippen LogP contribution in [-0.2, 0) is 46.2 Å². The molecule has 2 aromatic rings. The van der Waals surface area contributed by atoms with E-state index < -0.39 is 47.5 Å². The normalized spacial score (nSPS) is 13.8. The average Bonchev–Trinajstić information content (AvgIpc) is 3.10. The largest absolute Gasteiger partial charge is 0.481 e. The Hall–Kier alpha value is -4.09. The van der Waals surface area contributed by atoms with E-state index in [4.69, 9.17) is 14.2 Å². The van der Waals surface area contributed by atoms with Crippen LogP contribution in [0.3, 0.4) is 0 Å². The van der Waals surface area contributed by atoms with E-state index in [0.29, 0.717) is 39.1 Å². The van der Waals surface area contributed by atoms with Gasteiger partial charge >= 0.3 is 12.1 Å². The molecule has 0 saturated carbocycles. The van der Waals surface area contributed by atoms with Gasteiger partial charge in [0.2, 0.25) is 5.91 Å². The number of hydrogen-bond acceptors (Lipinski definition) is 8. The molecule has 0 aromatic heterocycles. The Morgan fingerprint density at radius 3 is 1.81 bits per heavy atom. The molecule has 3 N–H and O–H groups in total. The summed E-state index contributed by atoms with van der Waals surface area (Å²) in [5, 5.41) is 15.6. The minimum atomic E-state index is -1.03. The zero-order valence-electron chi connectivity index (χ0n) is 33.3. The first kappa shape index (κ1) is 46.1. The summed E-state index contributed by atoms with van der Waals surface area (Å²) in [4.78, 5) is 66.9. The number of carbonyl (C=O) groups is 5. The second kappa shape index (κ2) is 25.1. The van der Waals surface area contributed by atoms with Crippen molar-refractivity contribution in [2.75, 3.05) is 26.9 Å². The number of carbonyl (C=O) groups excluding carboxylic acids is 4. The van der Waals surface area contributed by atoms with Gasteiger partial charge in [-0.25, -0.2) is 4.79 Å². The Labute approximate surface area is 322 Å². The van der Waals surface area contributed by atoms with Crippen molar-refractivity contribution >= 4 is 29.5 Å². The second-order valence-electron chi connectivity index (χ2n) is 15.5. The van der Waals surface area contributed by atoms with E-state index in [-0.39, 0.29) is 43.2 Å². The van der Waals surface area contributed by atoms with Crippen LogP contribution in [0.1, 0.15) is 104 Å². The summed E-state index contributed by atoms with van der Waals surface area (Å²) >= 11 is 0. The number of ether oxygens (including phenoxy) is 3. The number of ketones is 2. The van der Waals surface area contributed by atoms with Crippen LogP contribution in [0.25, 0.3) is 0 Å². The summed E-state index contributed by atoms with van der Waals surface area (Å²) in [6, 6.07) is 16.7. The van der Waals surface area contributed by atoms with Crippen LogP contribution >= 0.6 is 0 Å². The van der Waals surface area contributed by atoms with Crippen molar-refractivity contribution in [1.82, 2.24) is 10.6 Å². The van der Waals surface area contributed by atoms with E-state index in [1.165, 1.54) is 0 Å². The van der Waals surface area contributed by atoms with Crippen LogP contribution in [0.4, 0.5) is 4.79 Å². The zero-order valence-corrected chi connectivity index (χ0v) is 33.3. The summed E-state index contributed by atoms with van der Waals surface area (Å²) in [5.41, 5.74) is 0.883. The molecule has 2 amide bonds. The topological polar surface area (TPSA) is 157 Å². The third kappa shape index (κ3) is 19.8. The van der Waals surface area contributed by atoms with Gasteiger partial charge in [0.05, 0.1) is 31.2 Å². The smallest absolute Gasteiger partial charge is 0.408 e. The third-order valence-corrected chi connectivity index (χ3v) is 8.99. The van der Waals surface area contributed by atoms with Gasteiger partial charge in [0.15, 0.2) is 11.6 Å². The average molecular weight is 753 g/mol. The van der Waals surface area contributed by atoms with Gasteiger partial charge in [-0.05, 0) is 69.9 Å². The van der Waals surface area contributed by atoms with Gasteiger partial charge in [0.1, 0.15) is 5.60 Å². The highest BCUT2D eigenvalue weighted by molar-refractivity contribution is 5.95. The highest BCUT2D eigenvalue weighted by Crippen LogP contribution is 2.21. The molecular weight excluding hydrogens is 688 g/mol. The number of nitrogens with one attached hydrogen (secondary N) is 2. The minimum Gasteiger partial charge on any atom is -0.481 e. The molecule has 0 bridgehead atoms. The van der Waals surface area contributed by atoms with Gasteiger partial charge in [0, 0.05) is 32.5 Å². The van der Waals surface area contributed by atoms with E-state index >= 15 is 0 Å². The number of alkyl carbamates (subject to hydrolysis) is 1. The summed E-state index contributed by atoms with van der Waals surface area (Å²) in [6.45, 7) is 10.9. The zero-order chi connectivity index (χ0) is 39.9. The van der Waals surface area contributed by atoms with Gasteiger partial charge < -0.3 is 30.0 Å². The van der Waals surface area contributed by atoms with Crippen molar-refractivity contribution in [3.05, 3.63) is 71.8 Å². The molecule has 2 rings (SSSR count). The maximum Gasteiger partial charge on any atom is 0.408 e. The van der Waals surface area contributed by atoms with E-state index in [0.717, 1.165) is 36.8 Å². The molecule has 54 heavy (non-hydrogen) atoms. The number of methoxy groups -OCH3 is 1. The van der Waals surface area contributed by atoms with Crippen LogP contribution in [-0.4, -0.2) is 79.3 Å². The third-order valence-electron chi connectivity index (χ3n) is 8.99. The summed E-state index contributed by atoms with van der Waals surface area (Å²) in [7, 11) is 1.63. The molecule has 0 heterocycles. The van der Waals surface area contributed by atoms with Crippen LogP contribution in [0, 0.1) is 17.8 Å². The second-order valence-corrected chi connectivity index (χ2v) is 15.5. The highest BCUT2D eigenvalue weighted by atomic mass is 16.6. The lowest BCUT2D eigenvalue weighted by Gasteiger charge is -2.26. The predicted octanol–water partition coefficient (Wildman–Crippen LogP) is 7.14. The van der Waals surface area contributed by atoms with E-state index in [1.807, 2.05) is 74.5 Å². The van der Waals surface area contributed by atoms with Crippen molar-refractivity contribution in [2.24, 2.45) is 17.8 Å². The van der Waals surface area contributed by atoms with Crippen molar-refractivity contribution in [3.63, 3.8) is 0 Å². The van der Waals surface area contributed by atoms with Crippen molar-refractivity contribution in [1.29, 1.82) is 0 Å². The fourth-order valence-corrected chi connectivity index (χ4v) is 6.19. The van der Waals surface area contributed by atoms with Gasteiger partial charge in [-0.15, -0.1) is 0 Å². The Morgan fingerprint density at radius 1 is 0.685 bits per heavy atom. The molecule has 0 radical (unpaired) electrons. The van der Waals surface area contributed by atoms with Crippen LogP contribution in [0.5, 0.6) is 0 Å². The van der Waals surface area contributed by atoms with Gasteiger partial charge in [-0.3, -0.25) is 19.2 Å². The Morgan fingerprint density at radius 2 is 1.24 bits per heavy atom. The van der Waals surface area contributed by atoms with Crippen LogP contribution in [0.2, 0.25) is 0 Å². The van der Waals surface area contributed by atoms with Gasteiger partial charge in [-0.1, -0.05) is 100 Å². The minimum absolute atomic E-state index is 0.0310. The lowest BCUT2D eigenvalue weighted by atomic mass is 9.88. The van der Waals surface area contributed by atoms with Crippen LogP contribution < -0.4 is 10.6 Å². The fourth-order valence-electron chi connectivity index (χ4n) is 6.19. The molecule has 0 saturated heterocycles. The molecule has 4 atom stereocenters. The number of carboxylic acid groups (broad SMARTS) is 1. The van der Waals surface area contributed by atoms with Gasteiger partial charge in [-0.2, -0.15) is 0 Å². The van der Waals surface area contributed by atoms with E-state index in [1.54, 1.807) is 27.9 Å². The fraction of sp³-hybridized carbons (Fsp3) is 0.605. The number of rotatable bonds is 27. The number of Topliss-reactive ketones (excluding diaryl/α,β-unsaturated/α-hetero) is 2. The Balaban J connectivity index is 2.18. The molecular formula is C43H64N2O9. The summed E-state index contributed by atoms with van der Waals surface area (Å²) in [5.74, 6) is -3.88. The SMILES string of the molecule is COCCOCCCCCCC[C@@H](CC(=O)[C@@H](CC(C)C)NC(=O)[C@H](CC(=O)[C@@H](Cc1ccccc1)NC(=O)OC(C)(C)C)Cc1ccccc1)C(=O)O. The molecule has 0 aliphatic heterocycles. The number of benzene rings is 2. The first-order chi connectivity index (χ1) is 25.7. The maximum atomic E-state index is 14.1. The monoisotopic (exact) mass is 752 g/mol. The number of amides is 2. The first-order valence-corrected chi connectivity index (χ1v) is 19.4. The van der Waals surface area contributed by atoms with E-state index in [2.05, 4.69) is 10.6 Å². The van der Waals surface area contributed by atoms with Crippen LogP contribution in [0.15, 0.2) is 60.7 Å². The lowest BCUT2D eigenvalue weighted by Crippen LogP contribution is -2.48. The summed E-state index contributed by atoms with van der Waals surface area (Å²) < 4.78 is 15.9. The molecule has 11 nitrogen and oxygen atoms in total. The Kier molecular flexibility index (Phi) is 21.4. The van der Waals surface area contributed by atoms with Gasteiger partial charge in [0.25, 0.3) is 0 Å². The molecule has 0 fully saturated rings. The molecule has 11 heteroatoms. The van der Waals surface area contributed by atoms with Crippen molar-refractivity contribution in [2.45, 2.75) is 123 Å². The predicted molar refractivity (Wildman–Crippen MR) is 209 cm³/mol. The summed E-state index contributed by atoms with van der Waals surface area (Å²) in [6.07, 6.45) is 4.36. The molecule has 2 aromatic carbocycles. The highest BCUT2D eigenvalue weighted by Gasteiger charge is 2.33. The maximum absolute atomic E-state index is 14.1. The Bertz CT molecular complexity index is 1410. The standard InChI is InChI=1S/C43H64N2O9/c1-31(2)26-36(38(46)29-34(41(49)50)22-16-8-7-9-17-23-53-25-24-52-6)44-40(48)35(27-32-18-12-10-13-19-32)30-39(47)37(28-33-20-14-11-15-21-33)45-42(51)54-43(3,4)5/h10-15,18-21,31,34-37H,7-9,16-17,22-30H2,1-6H3,(H,44,48)(H,45,51)(H,49,50)/t34-,35-,36+,37+/m0/s1. The number of hydrogen-bond donors (Lipinski definition) is 3. The lowest BCUT2D eigenvalue weighted by molar-refractivity contribution is -0.144. The molecule has 0 aliphatic rings. The number of unbranched alkanes of at least 4 members (excludes halogenated alkanes) is 4.